The van der Waals surface area contributed by atoms with Gasteiger partial charge in [-0.15, -0.1) is 11.3 Å². The second-order valence-corrected chi connectivity index (χ2v) is 5.25. The Bertz CT molecular complexity index is 569. The molecule has 2 aromatic rings. The Balaban J connectivity index is 2.42. The summed E-state index contributed by atoms with van der Waals surface area (Å²) in [6.45, 7) is 1.91. The fourth-order valence-corrected chi connectivity index (χ4v) is 2.84. The van der Waals surface area contributed by atoms with Crippen LogP contribution in [0.1, 0.15) is 24.1 Å². The third-order valence-electron chi connectivity index (χ3n) is 2.75. The van der Waals surface area contributed by atoms with Crippen LogP contribution in [0.25, 0.3) is 11.3 Å². The summed E-state index contributed by atoms with van der Waals surface area (Å²) in [4.78, 5) is 20.4. The molecule has 0 aliphatic rings. The van der Waals surface area contributed by atoms with Crippen molar-refractivity contribution >= 4 is 22.4 Å². The molecule has 0 radical (unpaired) electrons. The zero-order valence-electron chi connectivity index (χ0n) is 10.8. The van der Waals surface area contributed by atoms with E-state index < -0.39 is 5.97 Å². The molecule has 1 atom stereocenters. The van der Waals surface area contributed by atoms with Crippen molar-refractivity contribution in [1.82, 2.24) is 9.97 Å². The molecular weight excluding hydrogens is 262 g/mol. The smallest absolute Gasteiger partial charge is 0.303 e. The average molecular weight is 277 g/mol. The number of carbonyl (C=O) groups is 1. The van der Waals surface area contributed by atoms with Crippen molar-refractivity contribution in [3.8, 4) is 11.3 Å². The highest BCUT2D eigenvalue weighted by atomic mass is 32.1. The lowest BCUT2D eigenvalue weighted by atomic mass is 10.0. The maximum atomic E-state index is 10.9. The number of carboxylic acid groups (broad SMARTS) is 1. The van der Waals surface area contributed by atoms with Crippen molar-refractivity contribution in [2.24, 2.45) is 0 Å². The summed E-state index contributed by atoms with van der Waals surface area (Å²) in [5.41, 5.74) is 1.80. The molecule has 0 amide bonds. The van der Waals surface area contributed by atoms with Gasteiger partial charge in [0, 0.05) is 35.8 Å². The fourth-order valence-electron chi connectivity index (χ4n) is 1.84. The van der Waals surface area contributed by atoms with E-state index in [0.717, 1.165) is 21.3 Å². The van der Waals surface area contributed by atoms with Crippen LogP contribution in [0.2, 0.25) is 0 Å². The molecule has 0 aliphatic heterocycles. The van der Waals surface area contributed by atoms with Crippen molar-refractivity contribution in [2.75, 3.05) is 12.4 Å². The summed E-state index contributed by atoms with van der Waals surface area (Å²) >= 11 is 1.50. The number of thiazole rings is 1. The van der Waals surface area contributed by atoms with Gasteiger partial charge in [-0.2, -0.15) is 0 Å². The van der Waals surface area contributed by atoms with Crippen LogP contribution in [0.5, 0.6) is 0 Å². The maximum Gasteiger partial charge on any atom is 0.303 e. The lowest BCUT2D eigenvalue weighted by molar-refractivity contribution is -0.137. The summed E-state index contributed by atoms with van der Waals surface area (Å²) in [6, 6.07) is 3.76. The fraction of sp³-hybridized carbons (Fsp3) is 0.308. The van der Waals surface area contributed by atoms with E-state index in [0.29, 0.717) is 0 Å². The minimum atomic E-state index is -0.799. The molecular formula is C13H15N3O2S. The Labute approximate surface area is 115 Å². The van der Waals surface area contributed by atoms with Crippen molar-refractivity contribution in [3.63, 3.8) is 0 Å². The molecule has 0 bridgehead atoms. The third kappa shape index (κ3) is 3.08. The molecule has 5 nitrogen and oxygen atoms in total. The monoisotopic (exact) mass is 277 g/mol. The predicted octanol–water partition coefficient (Wildman–Crippen LogP) is 2.83. The summed E-state index contributed by atoms with van der Waals surface area (Å²) in [5, 5.41) is 12.7. The van der Waals surface area contributed by atoms with E-state index in [2.05, 4.69) is 15.3 Å². The molecule has 2 aromatic heterocycles. The third-order valence-corrected chi connectivity index (χ3v) is 4.05. The quantitative estimate of drug-likeness (QED) is 0.879. The van der Waals surface area contributed by atoms with Crippen LogP contribution < -0.4 is 5.32 Å². The van der Waals surface area contributed by atoms with Gasteiger partial charge in [0.05, 0.1) is 12.1 Å². The van der Waals surface area contributed by atoms with Gasteiger partial charge < -0.3 is 10.4 Å². The van der Waals surface area contributed by atoms with Crippen LogP contribution >= 0.6 is 11.3 Å². The molecule has 2 N–H and O–H groups in total. The highest BCUT2D eigenvalue weighted by molar-refractivity contribution is 7.16. The first kappa shape index (κ1) is 13.5. The Kier molecular flexibility index (Phi) is 4.11. The molecule has 100 valence electrons. The topological polar surface area (TPSA) is 75.1 Å². The van der Waals surface area contributed by atoms with Crippen molar-refractivity contribution in [1.29, 1.82) is 0 Å². The number of aromatic nitrogens is 2. The first-order valence-electron chi connectivity index (χ1n) is 5.92. The Morgan fingerprint density at radius 2 is 2.16 bits per heavy atom. The number of nitrogens with one attached hydrogen (secondary N) is 1. The molecule has 1 unspecified atom stereocenters. The summed E-state index contributed by atoms with van der Waals surface area (Å²) in [6.07, 6.45) is 3.52. The summed E-state index contributed by atoms with van der Waals surface area (Å²) in [5.74, 6) is -0.868. The second kappa shape index (κ2) is 5.79. The van der Waals surface area contributed by atoms with Gasteiger partial charge in [-0.3, -0.25) is 9.78 Å². The molecule has 0 saturated heterocycles. The lowest BCUT2D eigenvalue weighted by Crippen LogP contribution is -2.02. The van der Waals surface area contributed by atoms with E-state index in [4.69, 9.17) is 5.11 Å². The number of hydrogen-bond donors (Lipinski definition) is 2. The van der Waals surface area contributed by atoms with Crippen molar-refractivity contribution < 1.29 is 9.90 Å². The highest BCUT2D eigenvalue weighted by Crippen LogP contribution is 2.37. The number of hydrogen-bond acceptors (Lipinski definition) is 5. The van der Waals surface area contributed by atoms with Crippen molar-refractivity contribution in [2.45, 2.75) is 19.3 Å². The minimum Gasteiger partial charge on any atom is -0.481 e. The first-order valence-corrected chi connectivity index (χ1v) is 6.74. The Morgan fingerprint density at radius 3 is 2.74 bits per heavy atom. The van der Waals surface area contributed by atoms with E-state index in [-0.39, 0.29) is 12.3 Å². The number of anilines is 1. The zero-order valence-corrected chi connectivity index (χ0v) is 11.6. The molecule has 19 heavy (non-hydrogen) atoms. The van der Waals surface area contributed by atoms with Gasteiger partial charge in [0.15, 0.2) is 5.13 Å². The van der Waals surface area contributed by atoms with Crippen LogP contribution in [0.4, 0.5) is 5.13 Å². The van der Waals surface area contributed by atoms with Crippen LogP contribution in [0.15, 0.2) is 24.5 Å². The summed E-state index contributed by atoms with van der Waals surface area (Å²) < 4.78 is 0. The van der Waals surface area contributed by atoms with Crippen LogP contribution in [-0.4, -0.2) is 28.1 Å². The van der Waals surface area contributed by atoms with Crippen LogP contribution in [0.3, 0.4) is 0 Å². The van der Waals surface area contributed by atoms with Gasteiger partial charge >= 0.3 is 5.97 Å². The average Bonchev–Trinajstić information content (AvgIpc) is 2.83. The van der Waals surface area contributed by atoms with Gasteiger partial charge in [-0.1, -0.05) is 6.92 Å². The maximum absolute atomic E-state index is 10.9. The van der Waals surface area contributed by atoms with Gasteiger partial charge in [-0.25, -0.2) is 4.98 Å². The van der Waals surface area contributed by atoms with Gasteiger partial charge in [0.1, 0.15) is 0 Å². The lowest BCUT2D eigenvalue weighted by Gasteiger charge is -2.08. The second-order valence-electron chi connectivity index (χ2n) is 4.22. The van der Waals surface area contributed by atoms with Gasteiger partial charge in [-0.05, 0) is 12.1 Å². The van der Waals surface area contributed by atoms with E-state index in [1.807, 2.05) is 19.1 Å². The number of nitrogens with zero attached hydrogens (tertiary/aromatic N) is 2. The summed E-state index contributed by atoms with van der Waals surface area (Å²) in [7, 11) is 1.81. The van der Waals surface area contributed by atoms with E-state index >= 15 is 0 Å². The molecule has 6 heteroatoms. The predicted molar refractivity (Wildman–Crippen MR) is 75.6 cm³/mol. The largest absolute Gasteiger partial charge is 0.481 e. The molecule has 0 aromatic carbocycles. The van der Waals surface area contributed by atoms with Crippen molar-refractivity contribution in [3.05, 3.63) is 29.4 Å². The number of pyridine rings is 1. The molecule has 0 fully saturated rings. The normalized spacial score (nSPS) is 12.1. The molecule has 2 heterocycles. The highest BCUT2D eigenvalue weighted by Gasteiger charge is 2.20. The zero-order chi connectivity index (χ0) is 13.8. The van der Waals surface area contributed by atoms with E-state index in [9.17, 15) is 4.79 Å². The number of rotatable bonds is 5. The van der Waals surface area contributed by atoms with Crippen LogP contribution in [-0.2, 0) is 4.79 Å². The number of aliphatic carboxylic acids is 1. The first-order chi connectivity index (χ1) is 9.11. The minimum absolute atomic E-state index is 0.0692. The Hall–Kier alpha value is -1.95. The molecule has 2 rings (SSSR count). The van der Waals surface area contributed by atoms with Gasteiger partial charge in [0.25, 0.3) is 0 Å². The van der Waals surface area contributed by atoms with Crippen LogP contribution in [0, 0.1) is 0 Å². The van der Waals surface area contributed by atoms with Gasteiger partial charge in [0.2, 0.25) is 0 Å². The SMILES string of the molecule is CNc1nc(-c2ccncc2)c(C(C)CC(=O)O)s1. The van der Waals surface area contributed by atoms with E-state index in [1.54, 1.807) is 19.4 Å². The Morgan fingerprint density at radius 1 is 1.47 bits per heavy atom. The standard InChI is InChI=1S/C13H15N3O2S/c1-8(7-10(17)18)12-11(16-13(14-2)19-12)9-3-5-15-6-4-9/h3-6,8H,7H2,1-2H3,(H,14,16)(H,17,18). The van der Waals surface area contributed by atoms with E-state index in [1.165, 1.54) is 11.3 Å². The molecule has 0 spiro atoms. The molecule has 0 saturated carbocycles. The number of carboxylic acids is 1. The molecule has 0 aliphatic carbocycles.